The summed E-state index contributed by atoms with van der Waals surface area (Å²) in [7, 11) is 0. The van der Waals surface area contributed by atoms with E-state index in [1.165, 1.54) is 12.1 Å². The van der Waals surface area contributed by atoms with E-state index in [-0.39, 0.29) is 17.9 Å². The summed E-state index contributed by atoms with van der Waals surface area (Å²) in [5.74, 6) is -0.723. The molecule has 0 aliphatic rings. The molecule has 0 atom stereocenters. The molecule has 0 spiro atoms. The molecule has 4 nitrogen and oxygen atoms in total. The molecule has 0 amide bonds. The van der Waals surface area contributed by atoms with Crippen LogP contribution in [-0.4, -0.2) is 11.1 Å². The van der Waals surface area contributed by atoms with Crippen LogP contribution in [0, 0.1) is 18.3 Å². The minimum atomic E-state index is -0.616. The number of benzene rings is 2. The van der Waals surface area contributed by atoms with Crippen LogP contribution in [0.25, 0.3) is 0 Å². The van der Waals surface area contributed by atoms with E-state index in [1.807, 2.05) is 13.0 Å². The number of nitrogens with zero attached hydrogens (tertiary/aromatic N) is 1. The number of phenols is 1. The number of carbonyl (C=O) groups is 1. The molecule has 0 fully saturated rings. The lowest BCUT2D eigenvalue weighted by atomic mass is 10.1. The van der Waals surface area contributed by atoms with Crippen LogP contribution in [0.15, 0.2) is 42.5 Å². The van der Waals surface area contributed by atoms with Crippen LogP contribution in [0.1, 0.15) is 27.0 Å². The van der Waals surface area contributed by atoms with E-state index in [1.54, 1.807) is 30.3 Å². The average Bonchev–Trinajstić information content (AvgIpc) is 2.45. The smallest absolute Gasteiger partial charge is 0.342 e. The number of esters is 1. The van der Waals surface area contributed by atoms with Gasteiger partial charge in [-0.05, 0) is 30.7 Å². The Labute approximate surface area is 116 Å². The summed E-state index contributed by atoms with van der Waals surface area (Å²) in [6.07, 6.45) is 0. The molecule has 0 aliphatic heterocycles. The molecule has 2 aromatic carbocycles. The van der Waals surface area contributed by atoms with Gasteiger partial charge in [0.05, 0.1) is 11.6 Å². The van der Waals surface area contributed by atoms with Crippen molar-refractivity contribution in [1.29, 1.82) is 5.26 Å². The number of aryl methyl sites for hydroxylation is 1. The molecule has 0 unspecified atom stereocenters. The summed E-state index contributed by atoms with van der Waals surface area (Å²) < 4.78 is 5.13. The summed E-state index contributed by atoms with van der Waals surface area (Å²) >= 11 is 0. The number of carbonyl (C=O) groups excluding carboxylic acids is 1. The zero-order chi connectivity index (χ0) is 14.5. The molecule has 1 N–H and O–H groups in total. The van der Waals surface area contributed by atoms with E-state index < -0.39 is 5.97 Å². The molecule has 2 rings (SSSR count). The van der Waals surface area contributed by atoms with Crippen molar-refractivity contribution in [2.75, 3.05) is 0 Å². The maximum atomic E-state index is 11.9. The van der Waals surface area contributed by atoms with Crippen LogP contribution in [0.4, 0.5) is 0 Å². The fourth-order valence-electron chi connectivity index (χ4n) is 1.79. The molecule has 0 aromatic heterocycles. The fraction of sp³-hybridized carbons (Fsp3) is 0.125. The Bertz CT molecular complexity index is 686. The van der Waals surface area contributed by atoms with Crippen LogP contribution in [0.3, 0.4) is 0 Å². The van der Waals surface area contributed by atoms with Gasteiger partial charge in [-0.15, -0.1) is 0 Å². The van der Waals surface area contributed by atoms with E-state index >= 15 is 0 Å². The van der Waals surface area contributed by atoms with Gasteiger partial charge >= 0.3 is 5.97 Å². The van der Waals surface area contributed by atoms with Crippen LogP contribution in [0.2, 0.25) is 0 Å². The Balaban J connectivity index is 2.11. The standard InChI is InChI=1S/C16H13NO3/c1-11-6-7-14(15(18)8-11)16(19)20-10-13-5-3-2-4-12(13)9-17/h2-8,18H,10H2,1H3. The largest absolute Gasteiger partial charge is 0.507 e. The number of hydrogen-bond donors (Lipinski definition) is 1. The zero-order valence-electron chi connectivity index (χ0n) is 11.0. The van der Waals surface area contributed by atoms with Crippen LogP contribution in [-0.2, 0) is 11.3 Å². The first-order valence-corrected chi connectivity index (χ1v) is 6.06. The van der Waals surface area contributed by atoms with Crippen LogP contribution >= 0.6 is 0 Å². The summed E-state index contributed by atoms with van der Waals surface area (Å²) in [6, 6.07) is 13.7. The third-order valence-electron chi connectivity index (χ3n) is 2.87. The highest BCUT2D eigenvalue weighted by atomic mass is 16.5. The Morgan fingerprint density at radius 2 is 2.05 bits per heavy atom. The number of nitriles is 1. The average molecular weight is 267 g/mol. The fourth-order valence-corrected chi connectivity index (χ4v) is 1.79. The molecule has 0 heterocycles. The number of rotatable bonds is 3. The second-order valence-corrected chi connectivity index (χ2v) is 4.37. The van der Waals surface area contributed by atoms with E-state index in [0.29, 0.717) is 11.1 Å². The lowest BCUT2D eigenvalue weighted by molar-refractivity contribution is 0.0469. The molecule has 0 aliphatic carbocycles. The number of aromatic hydroxyl groups is 1. The first-order valence-electron chi connectivity index (χ1n) is 6.06. The molecular weight excluding hydrogens is 254 g/mol. The first kappa shape index (κ1) is 13.6. The number of ether oxygens (including phenoxy) is 1. The van der Waals surface area contributed by atoms with Crippen molar-refractivity contribution < 1.29 is 14.6 Å². The van der Waals surface area contributed by atoms with Crippen molar-refractivity contribution in [2.24, 2.45) is 0 Å². The molecular formula is C16H13NO3. The number of phenolic OH excluding ortho intramolecular Hbond substituents is 1. The second kappa shape index (κ2) is 5.89. The van der Waals surface area contributed by atoms with Crippen molar-refractivity contribution in [2.45, 2.75) is 13.5 Å². The summed E-state index contributed by atoms with van der Waals surface area (Å²) in [4.78, 5) is 11.9. The maximum absolute atomic E-state index is 11.9. The van der Waals surface area contributed by atoms with Crippen molar-refractivity contribution in [3.8, 4) is 11.8 Å². The summed E-state index contributed by atoms with van der Waals surface area (Å²) in [5, 5.41) is 18.7. The molecule has 0 saturated carbocycles. The van der Waals surface area contributed by atoms with Gasteiger partial charge in [0.25, 0.3) is 0 Å². The third-order valence-corrected chi connectivity index (χ3v) is 2.87. The van der Waals surface area contributed by atoms with Gasteiger partial charge in [0.15, 0.2) is 0 Å². The van der Waals surface area contributed by atoms with E-state index in [4.69, 9.17) is 10.00 Å². The Morgan fingerprint density at radius 1 is 1.30 bits per heavy atom. The summed E-state index contributed by atoms with van der Waals surface area (Å²) in [6.45, 7) is 1.81. The molecule has 0 bridgehead atoms. The lowest BCUT2D eigenvalue weighted by Gasteiger charge is -2.08. The minimum Gasteiger partial charge on any atom is -0.507 e. The predicted molar refractivity (Wildman–Crippen MR) is 73.1 cm³/mol. The Morgan fingerprint density at radius 3 is 2.75 bits per heavy atom. The van der Waals surface area contributed by atoms with Gasteiger partial charge in [-0.25, -0.2) is 4.79 Å². The summed E-state index contributed by atoms with van der Waals surface area (Å²) in [5.41, 5.74) is 2.07. The highest BCUT2D eigenvalue weighted by Crippen LogP contribution is 2.20. The van der Waals surface area contributed by atoms with Gasteiger partial charge in [0, 0.05) is 5.56 Å². The Hall–Kier alpha value is -2.80. The molecule has 100 valence electrons. The molecule has 0 saturated heterocycles. The maximum Gasteiger partial charge on any atom is 0.342 e. The molecule has 4 heteroatoms. The minimum absolute atomic E-state index is 0.00408. The third kappa shape index (κ3) is 2.96. The quantitative estimate of drug-likeness (QED) is 0.868. The van der Waals surface area contributed by atoms with Crippen molar-refractivity contribution in [3.05, 3.63) is 64.7 Å². The van der Waals surface area contributed by atoms with Crippen LogP contribution in [0.5, 0.6) is 5.75 Å². The van der Waals surface area contributed by atoms with Gasteiger partial charge in [0.2, 0.25) is 0 Å². The van der Waals surface area contributed by atoms with Gasteiger partial charge in [-0.2, -0.15) is 5.26 Å². The van der Waals surface area contributed by atoms with Crippen molar-refractivity contribution >= 4 is 5.97 Å². The van der Waals surface area contributed by atoms with E-state index in [9.17, 15) is 9.90 Å². The van der Waals surface area contributed by atoms with Gasteiger partial charge in [-0.1, -0.05) is 24.3 Å². The zero-order valence-corrected chi connectivity index (χ0v) is 11.0. The second-order valence-electron chi connectivity index (χ2n) is 4.37. The van der Waals surface area contributed by atoms with Crippen LogP contribution < -0.4 is 0 Å². The highest BCUT2D eigenvalue weighted by Gasteiger charge is 2.13. The SMILES string of the molecule is Cc1ccc(C(=O)OCc2ccccc2C#N)c(O)c1. The van der Waals surface area contributed by atoms with E-state index in [2.05, 4.69) is 0 Å². The van der Waals surface area contributed by atoms with Gasteiger partial charge < -0.3 is 9.84 Å². The molecule has 0 radical (unpaired) electrons. The number of hydrogen-bond acceptors (Lipinski definition) is 4. The topological polar surface area (TPSA) is 70.3 Å². The van der Waals surface area contributed by atoms with E-state index in [0.717, 1.165) is 5.56 Å². The van der Waals surface area contributed by atoms with Gasteiger partial charge in [-0.3, -0.25) is 0 Å². The predicted octanol–water partition coefficient (Wildman–Crippen LogP) is 2.93. The van der Waals surface area contributed by atoms with Crippen molar-refractivity contribution in [1.82, 2.24) is 0 Å². The highest BCUT2D eigenvalue weighted by molar-refractivity contribution is 5.92. The van der Waals surface area contributed by atoms with Gasteiger partial charge in [0.1, 0.15) is 17.9 Å². The molecule has 20 heavy (non-hydrogen) atoms. The normalized spacial score (nSPS) is 9.80. The monoisotopic (exact) mass is 267 g/mol. The van der Waals surface area contributed by atoms with Crippen molar-refractivity contribution in [3.63, 3.8) is 0 Å². The first-order chi connectivity index (χ1) is 9.61. The lowest BCUT2D eigenvalue weighted by Crippen LogP contribution is -2.06. The molecule has 2 aromatic rings. The Kier molecular flexibility index (Phi) is 4.02.